The average Bonchev–Trinajstić information content (AvgIpc) is 2.91. The van der Waals surface area contributed by atoms with E-state index in [1.54, 1.807) is 18.2 Å². The smallest absolute Gasteiger partial charge is 0.304 e. The van der Waals surface area contributed by atoms with Gasteiger partial charge in [0.05, 0.1) is 12.0 Å². The summed E-state index contributed by atoms with van der Waals surface area (Å²) in [6.07, 6.45) is 1.75. The Balaban J connectivity index is 1.70. The van der Waals surface area contributed by atoms with Gasteiger partial charge in [-0.05, 0) is 26.0 Å². The molecule has 0 radical (unpaired) electrons. The minimum absolute atomic E-state index is 0.000183. The molecule has 1 fully saturated rings. The second kappa shape index (κ2) is 7.06. The molecule has 2 aromatic rings. The maximum absolute atomic E-state index is 12.6. The van der Waals surface area contributed by atoms with Crippen molar-refractivity contribution in [3.8, 4) is 0 Å². The van der Waals surface area contributed by atoms with Gasteiger partial charge in [0, 0.05) is 35.6 Å². The highest BCUT2D eigenvalue weighted by molar-refractivity contribution is 6.05. The van der Waals surface area contributed by atoms with E-state index in [0.717, 1.165) is 12.8 Å². The lowest BCUT2D eigenvalue weighted by molar-refractivity contribution is -0.138. The van der Waals surface area contributed by atoms with Gasteiger partial charge in [0.1, 0.15) is 0 Å². The summed E-state index contributed by atoms with van der Waals surface area (Å²) in [4.78, 5) is 39.9. The van der Waals surface area contributed by atoms with E-state index in [2.05, 4.69) is 10.3 Å². The Kier molecular flexibility index (Phi) is 4.85. The van der Waals surface area contributed by atoms with Gasteiger partial charge in [0.15, 0.2) is 0 Å². The standard InChI is InChI=1S/C18H21N3O4/c1-21-11(8-17(23)24)6-7-12(21)10-19-18(25)14-9-16(22)20-15-5-3-2-4-13(14)15/h2-5,9,11-12H,6-8,10H2,1H3,(H,19,25)(H,20,22)(H,23,24)/t11-,12+/m1/s1. The fourth-order valence-electron chi connectivity index (χ4n) is 3.48. The van der Waals surface area contributed by atoms with E-state index in [9.17, 15) is 14.4 Å². The number of hydrogen-bond acceptors (Lipinski definition) is 4. The summed E-state index contributed by atoms with van der Waals surface area (Å²) in [6.45, 7) is 0.423. The third-order valence-electron chi connectivity index (χ3n) is 4.89. The van der Waals surface area contributed by atoms with Gasteiger partial charge in [0.2, 0.25) is 5.56 Å². The summed E-state index contributed by atoms with van der Waals surface area (Å²) in [6, 6.07) is 8.58. The van der Waals surface area contributed by atoms with E-state index in [4.69, 9.17) is 5.11 Å². The molecule has 1 saturated heterocycles. The van der Waals surface area contributed by atoms with Crippen molar-refractivity contribution in [1.29, 1.82) is 0 Å². The molecule has 0 aliphatic carbocycles. The van der Waals surface area contributed by atoms with E-state index in [1.165, 1.54) is 6.07 Å². The van der Waals surface area contributed by atoms with Crippen LogP contribution in [0.4, 0.5) is 0 Å². The van der Waals surface area contributed by atoms with Crippen LogP contribution in [0.1, 0.15) is 29.6 Å². The number of rotatable bonds is 5. The zero-order valence-electron chi connectivity index (χ0n) is 14.0. The number of nitrogens with zero attached hydrogens (tertiary/aromatic N) is 1. The van der Waals surface area contributed by atoms with Crippen molar-refractivity contribution >= 4 is 22.8 Å². The Bertz CT molecular complexity index is 861. The third kappa shape index (κ3) is 3.71. The number of carbonyl (C=O) groups excluding carboxylic acids is 1. The fraction of sp³-hybridized carbons (Fsp3) is 0.389. The number of likely N-dealkylation sites (tertiary alicyclic amines) is 1. The summed E-state index contributed by atoms with van der Waals surface area (Å²) in [5.74, 6) is -1.10. The van der Waals surface area contributed by atoms with Gasteiger partial charge >= 0.3 is 5.97 Å². The number of pyridine rings is 1. The van der Waals surface area contributed by atoms with Gasteiger partial charge in [0.25, 0.3) is 5.91 Å². The van der Waals surface area contributed by atoms with Crippen LogP contribution in [0.15, 0.2) is 35.1 Å². The summed E-state index contributed by atoms with van der Waals surface area (Å²) >= 11 is 0. The topological polar surface area (TPSA) is 102 Å². The second-order valence-electron chi connectivity index (χ2n) is 6.45. The molecule has 1 aromatic carbocycles. The molecule has 0 unspecified atom stereocenters. The van der Waals surface area contributed by atoms with Gasteiger partial charge in [-0.25, -0.2) is 0 Å². The van der Waals surface area contributed by atoms with E-state index in [-0.39, 0.29) is 30.0 Å². The number of aliphatic carboxylic acids is 1. The first kappa shape index (κ1) is 17.2. The third-order valence-corrected chi connectivity index (χ3v) is 4.89. The number of likely N-dealkylation sites (N-methyl/N-ethyl adjacent to an activating group) is 1. The van der Waals surface area contributed by atoms with Gasteiger partial charge in [-0.2, -0.15) is 0 Å². The van der Waals surface area contributed by atoms with Crippen LogP contribution in [0.5, 0.6) is 0 Å². The summed E-state index contributed by atoms with van der Waals surface area (Å²) < 4.78 is 0. The Morgan fingerprint density at radius 3 is 2.76 bits per heavy atom. The highest BCUT2D eigenvalue weighted by Crippen LogP contribution is 2.24. The summed E-state index contributed by atoms with van der Waals surface area (Å²) in [7, 11) is 1.89. The number of aromatic amines is 1. The Morgan fingerprint density at radius 2 is 2.00 bits per heavy atom. The predicted octanol–water partition coefficient (Wildman–Crippen LogP) is 1.20. The molecule has 0 saturated carbocycles. The zero-order valence-corrected chi connectivity index (χ0v) is 14.0. The molecule has 7 nitrogen and oxygen atoms in total. The molecule has 1 amide bonds. The zero-order chi connectivity index (χ0) is 18.0. The second-order valence-corrected chi connectivity index (χ2v) is 6.45. The van der Waals surface area contributed by atoms with E-state index in [0.29, 0.717) is 23.0 Å². The van der Waals surface area contributed by atoms with Crippen LogP contribution >= 0.6 is 0 Å². The van der Waals surface area contributed by atoms with Crippen LogP contribution in [0.2, 0.25) is 0 Å². The van der Waals surface area contributed by atoms with Gasteiger partial charge in [-0.15, -0.1) is 0 Å². The number of fused-ring (bicyclic) bond motifs is 1. The maximum Gasteiger partial charge on any atom is 0.304 e. The number of para-hydroxylation sites is 1. The lowest BCUT2D eigenvalue weighted by Gasteiger charge is -2.25. The first-order valence-electron chi connectivity index (χ1n) is 8.29. The molecule has 3 N–H and O–H groups in total. The SMILES string of the molecule is CN1[C@@H](CC(=O)O)CC[C@H]1CNC(=O)c1cc(=O)[nH]c2ccccc12. The van der Waals surface area contributed by atoms with Crippen molar-refractivity contribution in [2.75, 3.05) is 13.6 Å². The molecule has 1 aromatic heterocycles. The van der Waals surface area contributed by atoms with Gasteiger partial charge in [-0.3, -0.25) is 19.3 Å². The highest BCUT2D eigenvalue weighted by Gasteiger charge is 2.31. The molecule has 2 heterocycles. The molecule has 0 spiro atoms. The van der Waals surface area contributed by atoms with Crippen LogP contribution in [-0.2, 0) is 4.79 Å². The van der Waals surface area contributed by atoms with E-state index in [1.807, 2.05) is 18.0 Å². The molecule has 1 aliphatic rings. The van der Waals surface area contributed by atoms with Crippen molar-refractivity contribution < 1.29 is 14.7 Å². The number of amides is 1. The van der Waals surface area contributed by atoms with E-state index >= 15 is 0 Å². The molecule has 25 heavy (non-hydrogen) atoms. The average molecular weight is 343 g/mol. The molecule has 0 bridgehead atoms. The lowest BCUT2D eigenvalue weighted by atomic mass is 10.1. The number of carboxylic acid groups (broad SMARTS) is 1. The number of H-pyrrole nitrogens is 1. The summed E-state index contributed by atoms with van der Waals surface area (Å²) in [5, 5.41) is 12.5. The first-order chi connectivity index (χ1) is 12.0. The van der Waals surface area contributed by atoms with Crippen LogP contribution in [0.3, 0.4) is 0 Å². The fourth-order valence-corrected chi connectivity index (χ4v) is 3.48. The minimum Gasteiger partial charge on any atom is -0.481 e. The number of nitrogens with one attached hydrogen (secondary N) is 2. The molecule has 132 valence electrons. The van der Waals surface area contributed by atoms with Crippen LogP contribution in [0.25, 0.3) is 10.9 Å². The Morgan fingerprint density at radius 1 is 1.28 bits per heavy atom. The lowest BCUT2D eigenvalue weighted by Crippen LogP contribution is -2.41. The molecule has 2 atom stereocenters. The Hall–Kier alpha value is -2.67. The summed E-state index contributed by atoms with van der Waals surface area (Å²) in [5.41, 5.74) is 0.657. The van der Waals surface area contributed by atoms with Crippen LogP contribution < -0.4 is 10.9 Å². The van der Waals surface area contributed by atoms with Gasteiger partial charge in [-0.1, -0.05) is 18.2 Å². The molecular formula is C18H21N3O4. The monoisotopic (exact) mass is 343 g/mol. The number of carbonyl (C=O) groups is 2. The maximum atomic E-state index is 12.6. The number of carboxylic acids is 1. The van der Waals surface area contributed by atoms with Crippen LogP contribution in [0, 0.1) is 0 Å². The van der Waals surface area contributed by atoms with Crippen molar-refractivity contribution in [1.82, 2.24) is 15.2 Å². The number of benzene rings is 1. The van der Waals surface area contributed by atoms with E-state index < -0.39 is 5.97 Å². The van der Waals surface area contributed by atoms with Crippen molar-refractivity contribution in [3.63, 3.8) is 0 Å². The predicted molar refractivity (Wildman–Crippen MR) is 93.7 cm³/mol. The van der Waals surface area contributed by atoms with Crippen molar-refractivity contribution in [2.24, 2.45) is 0 Å². The Labute approximate surface area is 144 Å². The highest BCUT2D eigenvalue weighted by atomic mass is 16.4. The largest absolute Gasteiger partial charge is 0.481 e. The molecule has 7 heteroatoms. The molecule has 3 rings (SSSR count). The normalized spacial score (nSPS) is 20.7. The quantitative estimate of drug-likeness (QED) is 0.757. The minimum atomic E-state index is -0.809. The van der Waals surface area contributed by atoms with Gasteiger partial charge < -0.3 is 15.4 Å². The molecular weight excluding hydrogens is 322 g/mol. The number of aromatic nitrogens is 1. The molecule has 1 aliphatic heterocycles. The van der Waals surface area contributed by atoms with Crippen molar-refractivity contribution in [2.45, 2.75) is 31.3 Å². The number of hydrogen-bond donors (Lipinski definition) is 3. The van der Waals surface area contributed by atoms with Crippen LogP contribution in [-0.4, -0.2) is 52.5 Å². The van der Waals surface area contributed by atoms with Crippen molar-refractivity contribution in [3.05, 3.63) is 46.2 Å². The first-order valence-corrected chi connectivity index (χ1v) is 8.29.